The zero-order valence-electron chi connectivity index (χ0n) is 16.6. The Balaban J connectivity index is 5.14. The number of carboxylic acids is 1. The monoisotopic (exact) mass is 368 g/mol. The van der Waals surface area contributed by atoms with Crippen molar-refractivity contribution < 1.29 is 19.5 Å². The van der Waals surface area contributed by atoms with Gasteiger partial charge in [0.15, 0.2) is 0 Å². The lowest BCUT2D eigenvalue weighted by molar-refractivity contribution is -0.142. The van der Waals surface area contributed by atoms with Crippen LogP contribution in [-0.2, 0) is 14.4 Å². The quantitative estimate of drug-likeness (QED) is 0.494. The molecule has 0 bridgehead atoms. The van der Waals surface area contributed by atoms with Crippen molar-refractivity contribution in [3.8, 4) is 11.5 Å². The van der Waals surface area contributed by atoms with Crippen LogP contribution in [0.1, 0.15) is 48.0 Å². The van der Waals surface area contributed by atoms with Crippen molar-refractivity contribution in [2.24, 2.45) is 5.92 Å². The van der Waals surface area contributed by atoms with Crippen LogP contribution in [0.25, 0.3) is 0 Å². The fourth-order valence-electron chi connectivity index (χ4n) is 1.78. The average molecular weight is 369 g/mol. The van der Waals surface area contributed by atoms with E-state index in [0.29, 0.717) is 0 Å². The first-order chi connectivity index (χ1) is 11.2. The van der Waals surface area contributed by atoms with Crippen LogP contribution in [0, 0.1) is 17.4 Å². The fraction of sp³-hybridized carbons (Fsp3) is 0.722. The molecule has 0 saturated carbocycles. The Morgan fingerprint density at radius 3 is 2.00 bits per heavy atom. The summed E-state index contributed by atoms with van der Waals surface area (Å²) in [4.78, 5) is 35.0. The number of rotatable bonds is 6. The Kier molecular flexibility index (Phi) is 8.39. The van der Waals surface area contributed by atoms with Gasteiger partial charge in [0.2, 0.25) is 11.8 Å². The van der Waals surface area contributed by atoms with Crippen LogP contribution >= 0.6 is 0 Å². The molecule has 0 aliphatic carbocycles. The molecule has 0 rings (SSSR count). The third-order valence-electron chi connectivity index (χ3n) is 4.50. The molecule has 0 aromatic rings. The number of carbonyl (C=O) groups excluding carboxylic acids is 2. The summed E-state index contributed by atoms with van der Waals surface area (Å²) in [5, 5.41) is 14.5. The second kappa shape index (κ2) is 9.04. The van der Waals surface area contributed by atoms with E-state index in [1.54, 1.807) is 13.8 Å². The lowest BCUT2D eigenvalue weighted by atomic mass is 10.0. The highest BCUT2D eigenvalue weighted by Gasteiger charge is 2.34. The van der Waals surface area contributed by atoms with Gasteiger partial charge >= 0.3 is 5.97 Å². The molecule has 142 valence electrons. The summed E-state index contributed by atoms with van der Waals surface area (Å²) < 4.78 is 0. The SMILES string of the molecule is CC(=O)N[C@@H](C(=O)N[C@@H](CC#C[Si](C)(C)C(C)(C)C)C(=O)O)C(C)C. The third-order valence-corrected chi connectivity index (χ3v) is 9.06. The van der Waals surface area contributed by atoms with Crippen molar-refractivity contribution in [2.75, 3.05) is 0 Å². The minimum Gasteiger partial charge on any atom is -0.480 e. The zero-order chi connectivity index (χ0) is 20.0. The average Bonchev–Trinajstić information content (AvgIpc) is 2.41. The highest BCUT2D eigenvalue weighted by atomic mass is 28.3. The molecule has 0 aromatic heterocycles. The molecule has 0 aliphatic rings. The number of hydrogen-bond acceptors (Lipinski definition) is 3. The van der Waals surface area contributed by atoms with Gasteiger partial charge in [-0.05, 0) is 11.0 Å². The molecule has 0 fully saturated rings. The van der Waals surface area contributed by atoms with Gasteiger partial charge in [-0.15, -0.1) is 11.5 Å². The van der Waals surface area contributed by atoms with E-state index >= 15 is 0 Å². The summed E-state index contributed by atoms with van der Waals surface area (Å²) in [5.41, 5.74) is 3.25. The minimum atomic E-state index is -1.83. The lowest BCUT2D eigenvalue weighted by Crippen LogP contribution is -2.53. The van der Waals surface area contributed by atoms with Crippen LogP contribution in [0.3, 0.4) is 0 Å². The topological polar surface area (TPSA) is 95.5 Å². The Hall–Kier alpha value is -1.81. The van der Waals surface area contributed by atoms with Gasteiger partial charge in [-0.1, -0.05) is 47.7 Å². The summed E-state index contributed by atoms with van der Waals surface area (Å²) in [6.45, 7) is 15.6. The van der Waals surface area contributed by atoms with E-state index in [1.165, 1.54) is 6.92 Å². The van der Waals surface area contributed by atoms with Gasteiger partial charge in [0.1, 0.15) is 20.2 Å². The Labute approximate surface area is 152 Å². The third kappa shape index (κ3) is 7.74. The Morgan fingerprint density at radius 1 is 1.12 bits per heavy atom. The predicted octanol–water partition coefficient (Wildman–Crippen LogP) is 2.16. The normalized spacial score (nSPS) is 14.1. The smallest absolute Gasteiger partial charge is 0.327 e. The number of hydrogen-bond donors (Lipinski definition) is 3. The van der Waals surface area contributed by atoms with Crippen LogP contribution in [0.15, 0.2) is 0 Å². The summed E-state index contributed by atoms with van der Waals surface area (Å²) in [7, 11) is -1.83. The van der Waals surface area contributed by atoms with Crippen LogP contribution < -0.4 is 10.6 Å². The predicted molar refractivity (Wildman–Crippen MR) is 102 cm³/mol. The molecule has 2 amide bonds. The maximum Gasteiger partial charge on any atom is 0.327 e. The molecule has 2 atom stereocenters. The van der Waals surface area contributed by atoms with Gasteiger partial charge in [0.05, 0.1) is 0 Å². The minimum absolute atomic E-state index is 0.0401. The molecule has 0 unspecified atom stereocenters. The van der Waals surface area contributed by atoms with Crippen LogP contribution in [-0.4, -0.2) is 43.0 Å². The van der Waals surface area contributed by atoms with Crippen molar-refractivity contribution in [2.45, 2.75) is 78.2 Å². The summed E-state index contributed by atoms with van der Waals surface area (Å²) in [5.74, 6) is 0.823. The second-order valence-corrected chi connectivity index (χ2v) is 13.2. The van der Waals surface area contributed by atoms with E-state index < -0.39 is 32.0 Å². The zero-order valence-corrected chi connectivity index (χ0v) is 17.6. The van der Waals surface area contributed by atoms with Crippen LogP contribution in [0.5, 0.6) is 0 Å². The van der Waals surface area contributed by atoms with E-state index in [1.807, 2.05) is 0 Å². The molecule has 7 heteroatoms. The lowest BCUT2D eigenvalue weighted by Gasteiger charge is -2.31. The van der Waals surface area contributed by atoms with E-state index in [4.69, 9.17) is 0 Å². The molecule has 0 radical (unpaired) electrons. The first-order valence-corrected chi connectivity index (χ1v) is 11.5. The maximum atomic E-state index is 12.3. The van der Waals surface area contributed by atoms with Crippen molar-refractivity contribution in [1.29, 1.82) is 0 Å². The van der Waals surface area contributed by atoms with Crippen molar-refractivity contribution in [1.82, 2.24) is 10.6 Å². The Bertz CT molecular complexity index is 568. The first-order valence-electron chi connectivity index (χ1n) is 8.49. The van der Waals surface area contributed by atoms with E-state index in [2.05, 4.69) is 56.0 Å². The Morgan fingerprint density at radius 2 is 1.64 bits per heavy atom. The van der Waals surface area contributed by atoms with Crippen LogP contribution in [0.2, 0.25) is 18.1 Å². The van der Waals surface area contributed by atoms with Gasteiger partial charge in [-0.25, -0.2) is 4.79 Å². The number of amides is 2. The molecule has 6 nitrogen and oxygen atoms in total. The largest absolute Gasteiger partial charge is 0.480 e. The summed E-state index contributed by atoms with van der Waals surface area (Å²) in [6.07, 6.45) is 0.0401. The molecule has 3 N–H and O–H groups in total. The summed E-state index contributed by atoms with van der Waals surface area (Å²) in [6, 6.07) is -1.87. The first kappa shape index (κ1) is 23.2. The maximum absolute atomic E-state index is 12.3. The molecule has 25 heavy (non-hydrogen) atoms. The molecule has 0 aromatic carbocycles. The second-order valence-electron chi connectivity index (χ2n) is 8.20. The van der Waals surface area contributed by atoms with Gasteiger partial charge in [-0.2, -0.15) is 0 Å². The van der Waals surface area contributed by atoms with Gasteiger partial charge in [0, 0.05) is 13.3 Å². The van der Waals surface area contributed by atoms with Gasteiger partial charge < -0.3 is 15.7 Å². The van der Waals surface area contributed by atoms with E-state index in [-0.39, 0.29) is 23.3 Å². The number of nitrogens with one attached hydrogen (secondary N) is 2. The molecular weight excluding hydrogens is 336 g/mol. The molecule has 0 heterocycles. The molecular formula is C18H32N2O4Si. The van der Waals surface area contributed by atoms with Crippen molar-refractivity contribution in [3.63, 3.8) is 0 Å². The van der Waals surface area contributed by atoms with Crippen LogP contribution in [0.4, 0.5) is 0 Å². The molecule has 0 saturated heterocycles. The number of carboxylic acid groups (broad SMARTS) is 1. The van der Waals surface area contributed by atoms with Crippen molar-refractivity contribution in [3.05, 3.63) is 0 Å². The number of carbonyl (C=O) groups is 3. The molecule has 0 spiro atoms. The van der Waals surface area contributed by atoms with Gasteiger partial charge in [-0.3, -0.25) is 9.59 Å². The van der Waals surface area contributed by atoms with E-state index in [9.17, 15) is 19.5 Å². The summed E-state index contributed by atoms with van der Waals surface area (Å²) >= 11 is 0. The van der Waals surface area contributed by atoms with Crippen molar-refractivity contribution >= 4 is 25.9 Å². The highest BCUT2D eigenvalue weighted by molar-refractivity contribution is 6.87. The van der Waals surface area contributed by atoms with Gasteiger partial charge in [0.25, 0.3) is 0 Å². The fourth-order valence-corrected chi connectivity index (χ4v) is 2.70. The molecule has 0 aliphatic heterocycles. The van der Waals surface area contributed by atoms with E-state index in [0.717, 1.165) is 0 Å². The number of aliphatic carboxylic acids is 1. The highest BCUT2D eigenvalue weighted by Crippen LogP contribution is 2.35. The standard InChI is InChI=1S/C18H32N2O4Si/c1-12(2)15(19-13(3)21)16(22)20-14(17(23)24)10-9-11-25(7,8)18(4,5)6/h12,14-15H,10H2,1-8H3,(H,19,21)(H,20,22)(H,23,24)/t14-,15+/m0/s1.